The molecule has 64 valence electrons. The van der Waals surface area contributed by atoms with E-state index in [1.807, 2.05) is 6.92 Å². The average Bonchev–Trinajstić information content (AvgIpc) is 2.81. The van der Waals surface area contributed by atoms with Crippen LogP contribution in [0.25, 0.3) is 0 Å². The van der Waals surface area contributed by atoms with E-state index in [1.54, 1.807) is 0 Å². The summed E-state index contributed by atoms with van der Waals surface area (Å²) < 4.78 is 0. The van der Waals surface area contributed by atoms with Crippen molar-refractivity contribution in [2.24, 2.45) is 0 Å². The lowest BCUT2D eigenvalue weighted by atomic mass is 10.2. The fourth-order valence-electron chi connectivity index (χ4n) is 1.22. The number of nitrogens with one attached hydrogen (secondary N) is 1. The maximum atomic E-state index is 10.9. The molecule has 0 aromatic rings. The van der Waals surface area contributed by atoms with E-state index in [-0.39, 0.29) is 0 Å². The van der Waals surface area contributed by atoms with Crippen molar-refractivity contribution >= 4 is 5.78 Å². The Balaban J connectivity index is 2.16. The van der Waals surface area contributed by atoms with Crippen LogP contribution in [0.2, 0.25) is 0 Å². The number of ketones is 1. The summed E-state index contributed by atoms with van der Waals surface area (Å²) in [5.41, 5.74) is 0.352. The van der Waals surface area contributed by atoms with E-state index >= 15 is 0 Å². The van der Waals surface area contributed by atoms with Gasteiger partial charge in [0.25, 0.3) is 0 Å². The van der Waals surface area contributed by atoms with Crippen LogP contribution in [0.4, 0.5) is 0 Å². The second kappa shape index (κ2) is 3.35. The smallest absolute Gasteiger partial charge is 0.146 e. The van der Waals surface area contributed by atoms with Gasteiger partial charge in [0.05, 0.1) is 6.54 Å². The zero-order valence-electron chi connectivity index (χ0n) is 7.44. The normalized spacial score (nSPS) is 19.8. The molecule has 1 aliphatic rings. The van der Waals surface area contributed by atoms with Crippen LogP contribution in [0.15, 0.2) is 0 Å². The molecule has 0 atom stereocenters. The van der Waals surface area contributed by atoms with Crippen LogP contribution in [0, 0.1) is 0 Å². The second-order valence-corrected chi connectivity index (χ2v) is 3.38. The van der Waals surface area contributed by atoms with E-state index in [0.29, 0.717) is 24.3 Å². The molecule has 1 N–H and O–H groups in total. The third-order valence-electron chi connectivity index (χ3n) is 2.59. The Bertz CT molecular complexity index is 150. The van der Waals surface area contributed by atoms with Gasteiger partial charge in [-0.25, -0.2) is 0 Å². The standard InChI is InChI=1S/C9H17NO/c1-3-8(11)7-10-9(4-2)5-6-9/h10H,3-7H2,1-2H3. The van der Waals surface area contributed by atoms with E-state index < -0.39 is 0 Å². The first-order chi connectivity index (χ1) is 5.22. The molecule has 1 saturated carbocycles. The highest BCUT2D eigenvalue weighted by Gasteiger charge is 2.40. The fourth-order valence-corrected chi connectivity index (χ4v) is 1.22. The molecule has 11 heavy (non-hydrogen) atoms. The van der Waals surface area contributed by atoms with Crippen LogP contribution in [-0.4, -0.2) is 17.9 Å². The molecule has 0 spiro atoms. The summed E-state index contributed by atoms with van der Waals surface area (Å²) in [4.78, 5) is 10.9. The summed E-state index contributed by atoms with van der Waals surface area (Å²) in [6.45, 7) is 4.66. The third-order valence-corrected chi connectivity index (χ3v) is 2.59. The van der Waals surface area contributed by atoms with E-state index in [9.17, 15) is 4.79 Å². The molecule has 0 aromatic heterocycles. The lowest BCUT2D eigenvalue weighted by molar-refractivity contribution is -0.118. The lowest BCUT2D eigenvalue weighted by Gasteiger charge is -2.13. The summed E-state index contributed by atoms with van der Waals surface area (Å²) in [7, 11) is 0. The summed E-state index contributed by atoms with van der Waals surface area (Å²) in [6.07, 6.45) is 4.32. The zero-order chi connectivity index (χ0) is 8.32. The van der Waals surface area contributed by atoms with Gasteiger partial charge in [-0.3, -0.25) is 4.79 Å². The number of carbonyl (C=O) groups is 1. The number of carbonyl (C=O) groups excluding carboxylic acids is 1. The molecule has 1 rings (SSSR count). The second-order valence-electron chi connectivity index (χ2n) is 3.38. The van der Waals surface area contributed by atoms with Crippen molar-refractivity contribution in [1.82, 2.24) is 5.32 Å². The van der Waals surface area contributed by atoms with E-state index in [1.165, 1.54) is 12.8 Å². The largest absolute Gasteiger partial charge is 0.304 e. The SMILES string of the molecule is CCC(=O)CNC1(CC)CC1. The minimum Gasteiger partial charge on any atom is -0.304 e. The molecule has 0 amide bonds. The van der Waals surface area contributed by atoms with Crippen LogP contribution in [-0.2, 0) is 4.79 Å². The third kappa shape index (κ3) is 2.29. The first-order valence-electron chi connectivity index (χ1n) is 4.49. The summed E-state index contributed by atoms with van der Waals surface area (Å²) in [6, 6.07) is 0. The van der Waals surface area contributed by atoms with Gasteiger partial charge in [-0.2, -0.15) is 0 Å². The van der Waals surface area contributed by atoms with Gasteiger partial charge in [-0.1, -0.05) is 13.8 Å². The zero-order valence-corrected chi connectivity index (χ0v) is 7.44. The Kier molecular flexibility index (Phi) is 2.66. The van der Waals surface area contributed by atoms with Gasteiger partial charge in [0.2, 0.25) is 0 Å². The van der Waals surface area contributed by atoms with Crippen molar-refractivity contribution in [3.63, 3.8) is 0 Å². The van der Waals surface area contributed by atoms with Crippen molar-refractivity contribution in [3.8, 4) is 0 Å². The predicted molar refractivity (Wildman–Crippen MR) is 45.6 cm³/mol. The van der Waals surface area contributed by atoms with Gasteiger partial charge in [0.1, 0.15) is 5.78 Å². The monoisotopic (exact) mass is 155 g/mol. The summed E-state index contributed by atoms with van der Waals surface area (Å²) in [5.74, 6) is 0.324. The molecule has 2 nitrogen and oxygen atoms in total. The van der Waals surface area contributed by atoms with Gasteiger partial charge in [-0.15, -0.1) is 0 Å². The molecule has 1 aliphatic carbocycles. The number of Topliss-reactive ketones (excluding diaryl/α,β-unsaturated/α-hetero) is 1. The molecule has 0 bridgehead atoms. The van der Waals surface area contributed by atoms with Gasteiger partial charge in [0.15, 0.2) is 0 Å². The Morgan fingerprint density at radius 3 is 2.45 bits per heavy atom. The highest BCUT2D eigenvalue weighted by Crippen LogP contribution is 2.37. The number of hydrogen-bond donors (Lipinski definition) is 1. The molecular formula is C9H17NO. The molecule has 0 unspecified atom stereocenters. The lowest BCUT2D eigenvalue weighted by Crippen LogP contribution is -2.34. The predicted octanol–water partition coefficient (Wildman–Crippen LogP) is 1.50. The van der Waals surface area contributed by atoms with Gasteiger partial charge < -0.3 is 5.32 Å². The molecule has 0 saturated heterocycles. The van der Waals surface area contributed by atoms with Crippen LogP contribution >= 0.6 is 0 Å². The number of rotatable bonds is 5. The molecule has 0 aliphatic heterocycles. The van der Waals surface area contributed by atoms with Crippen LogP contribution < -0.4 is 5.32 Å². The Morgan fingerprint density at radius 2 is 2.09 bits per heavy atom. The van der Waals surface area contributed by atoms with Crippen molar-refractivity contribution in [2.75, 3.05) is 6.54 Å². The first kappa shape index (κ1) is 8.72. The molecule has 0 aromatic carbocycles. The minimum atomic E-state index is 0.324. The van der Waals surface area contributed by atoms with Crippen molar-refractivity contribution in [3.05, 3.63) is 0 Å². The van der Waals surface area contributed by atoms with Crippen molar-refractivity contribution in [1.29, 1.82) is 0 Å². The Hall–Kier alpha value is -0.370. The van der Waals surface area contributed by atoms with Crippen molar-refractivity contribution < 1.29 is 4.79 Å². The molecular weight excluding hydrogens is 138 g/mol. The maximum Gasteiger partial charge on any atom is 0.146 e. The van der Waals surface area contributed by atoms with Crippen LogP contribution in [0.5, 0.6) is 0 Å². The molecule has 2 heteroatoms. The minimum absolute atomic E-state index is 0.324. The molecule has 1 fully saturated rings. The number of hydrogen-bond acceptors (Lipinski definition) is 2. The van der Waals surface area contributed by atoms with Crippen molar-refractivity contribution in [2.45, 2.75) is 45.1 Å². The fraction of sp³-hybridized carbons (Fsp3) is 0.889. The summed E-state index contributed by atoms with van der Waals surface area (Å²) >= 11 is 0. The van der Waals surface area contributed by atoms with E-state index in [4.69, 9.17) is 0 Å². The van der Waals surface area contributed by atoms with Crippen LogP contribution in [0.3, 0.4) is 0 Å². The topological polar surface area (TPSA) is 29.1 Å². The summed E-state index contributed by atoms with van der Waals surface area (Å²) in [5, 5.41) is 3.32. The Labute approximate surface area is 68.4 Å². The highest BCUT2D eigenvalue weighted by molar-refractivity contribution is 5.80. The van der Waals surface area contributed by atoms with E-state index in [2.05, 4.69) is 12.2 Å². The maximum absolute atomic E-state index is 10.9. The average molecular weight is 155 g/mol. The van der Waals surface area contributed by atoms with Gasteiger partial charge in [-0.05, 0) is 19.3 Å². The quantitative estimate of drug-likeness (QED) is 0.652. The van der Waals surface area contributed by atoms with E-state index in [0.717, 1.165) is 6.42 Å². The molecule has 0 heterocycles. The highest BCUT2D eigenvalue weighted by atomic mass is 16.1. The van der Waals surface area contributed by atoms with Crippen LogP contribution in [0.1, 0.15) is 39.5 Å². The first-order valence-corrected chi connectivity index (χ1v) is 4.49. The molecule has 0 radical (unpaired) electrons. The van der Waals surface area contributed by atoms with Gasteiger partial charge >= 0.3 is 0 Å². The Morgan fingerprint density at radius 1 is 1.45 bits per heavy atom. The van der Waals surface area contributed by atoms with Gasteiger partial charge in [0, 0.05) is 12.0 Å².